The molecule has 4 heteroatoms. The summed E-state index contributed by atoms with van der Waals surface area (Å²) in [5.41, 5.74) is 6.57. The fourth-order valence-corrected chi connectivity index (χ4v) is 4.95. The Balaban J connectivity index is 1.41. The molecule has 186 valence electrons. The molecule has 0 fully saturated rings. The smallest absolute Gasteiger partial charge is 0.119 e. The van der Waals surface area contributed by atoms with Crippen molar-refractivity contribution in [2.75, 3.05) is 24.9 Å². The molecule has 0 heterocycles. The van der Waals surface area contributed by atoms with Crippen molar-refractivity contribution in [2.24, 2.45) is 0 Å². The van der Waals surface area contributed by atoms with Crippen LogP contribution in [0.15, 0.2) is 121 Å². The first-order chi connectivity index (χ1) is 18.7. The van der Waals surface area contributed by atoms with Gasteiger partial charge in [-0.15, -0.1) is 0 Å². The summed E-state index contributed by atoms with van der Waals surface area (Å²) >= 11 is 0. The van der Waals surface area contributed by atoms with E-state index in [1.807, 2.05) is 48.5 Å². The Kier molecular flexibility index (Phi) is 6.29. The van der Waals surface area contributed by atoms with Crippen LogP contribution in [0.25, 0.3) is 32.7 Å². The van der Waals surface area contributed by atoms with Crippen LogP contribution in [0.5, 0.6) is 11.5 Å². The third kappa shape index (κ3) is 4.48. The first-order valence-electron chi connectivity index (χ1n) is 12.6. The third-order valence-electron chi connectivity index (χ3n) is 6.88. The Bertz CT molecular complexity index is 1590. The van der Waals surface area contributed by atoms with Gasteiger partial charge in [0.1, 0.15) is 11.5 Å². The average Bonchev–Trinajstić information content (AvgIpc) is 2.98. The molecule has 0 aliphatic carbocycles. The number of fused-ring (bicyclic) bond motifs is 2. The summed E-state index contributed by atoms with van der Waals surface area (Å²) in [6, 6.07) is 41.9. The lowest BCUT2D eigenvalue weighted by molar-refractivity contribution is 0.415. The van der Waals surface area contributed by atoms with E-state index in [2.05, 4.69) is 83.4 Å². The Morgan fingerprint density at radius 2 is 0.763 bits per heavy atom. The van der Waals surface area contributed by atoms with Gasteiger partial charge in [0.2, 0.25) is 0 Å². The zero-order valence-electron chi connectivity index (χ0n) is 21.4. The van der Waals surface area contributed by atoms with Gasteiger partial charge in [-0.3, -0.25) is 0 Å². The quantitative estimate of drug-likeness (QED) is 0.231. The topological polar surface area (TPSA) is 42.5 Å². The molecule has 38 heavy (non-hydrogen) atoms. The summed E-state index contributed by atoms with van der Waals surface area (Å²) in [6.45, 7) is 0. The van der Waals surface area contributed by atoms with E-state index in [0.29, 0.717) is 0 Å². The maximum absolute atomic E-state index is 5.30. The summed E-state index contributed by atoms with van der Waals surface area (Å²) in [5, 5.41) is 11.9. The first-order valence-corrected chi connectivity index (χ1v) is 12.6. The van der Waals surface area contributed by atoms with Gasteiger partial charge in [0.05, 0.1) is 14.2 Å². The average molecular weight is 497 g/mol. The molecule has 0 spiro atoms. The lowest BCUT2D eigenvalue weighted by atomic mass is 9.92. The van der Waals surface area contributed by atoms with Gasteiger partial charge in [-0.25, -0.2) is 0 Å². The van der Waals surface area contributed by atoms with Crippen LogP contribution in [0.2, 0.25) is 0 Å². The van der Waals surface area contributed by atoms with Crippen LogP contribution >= 0.6 is 0 Å². The molecular weight excluding hydrogens is 468 g/mol. The van der Waals surface area contributed by atoms with Crippen molar-refractivity contribution in [1.82, 2.24) is 0 Å². The zero-order valence-corrected chi connectivity index (χ0v) is 21.4. The SMILES string of the molecule is COc1ccc(Nc2ccc(-c3ccc(Nc4ccc(OC)cc4)c4ccccc34)c3ccccc23)cc1. The molecular formula is C34H28N2O2. The summed E-state index contributed by atoms with van der Waals surface area (Å²) in [4.78, 5) is 0. The maximum atomic E-state index is 5.30. The van der Waals surface area contributed by atoms with E-state index >= 15 is 0 Å². The highest BCUT2D eigenvalue weighted by Crippen LogP contribution is 2.40. The van der Waals surface area contributed by atoms with Crippen LogP contribution in [0, 0.1) is 0 Å². The van der Waals surface area contributed by atoms with Gasteiger partial charge in [0.15, 0.2) is 0 Å². The minimum atomic E-state index is 0.840. The Hall–Kier alpha value is -4.96. The van der Waals surface area contributed by atoms with Gasteiger partial charge >= 0.3 is 0 Å². The van der Waals surface area contributed by atoms with Crippen molar-refractivity contribution in [3.8, 4) is 22.6 Å². The molecule has 0 aromatic heterocycles. The maximum Gasteiger partial charge on any atom is 0.119 e. The van der Waals surface area contributed by atoms with Crippen LogP contribution in [-0.4, -0.2) is 14.2 Å². The molecule has 2 N–H and O–H groups in total. The highest BCUT2D eigenvalue weighted by Gasteiger charge is 2.13. The second kappa shape index (κ2) is 10.2. The van der Waals surface area contributed by atoms with Gasteiger partial charge in [-0.2, -0.15) is 0 Å². The standard InChI is InChI=1S/C34H28N2O2/c1-37-25-15-11-23(12-16-25)35-33-21-19-29(27-7-3-5-9-31(27)33)30-20-22-34(32-10-6-4-8-28(30)32)36-24-13-17-26(38-2)18-14-24/h3-22,35-36H,1-2H3. The van der Waals surface area contributed by atoms with Gasteiger partial charge in [0, 0.05) is 33.5 Å². The molecule has 0 unspecified atom stereocenters. The van der Waals surface area contributed by atoms with E-state index in [1.54, 1.807) is 14.2 Å². The normalized spacial score (nSPS) is 10.9. The van der Waals surface area contributed by atoms with E-state index in [9.17, 15) is 0 Å². The van der Waals surface area contributed by atoms with E-state index in [1.165, 1.54) is 32.7 Å². The zero-order chi connectivity index (χ0) is 25.9. The van der Waals surface area contributed by atoms with Crippen molar-refractivity contribution in [3.63, 3.8) is 0 Å². The Morgan fingerprint density at radius 1 is 0.395 bits per heavy atom. The lowest BCUT2D eigenvalue weighted by Crippen LogP contribution is -1.95. The van der Waals surface area contributed by atoms with Crippen LogP contribution in [0.4, 0.5) is 22.7 Å². The summed E-state index contributed by atoms with van der Waals surface area (Å²) < 4.78 is 10.6. The predicted octanol–water partition coefficient (Wildman–Crippen LogP) is 9.16. The molecule has 0 amide bonds. The monoisotopic (exact) mass is 496 g/mol. The third-order valence-corrected chi connectivity index (χ3v) is 6.88. The van der Waals surface area contributed by atoms with Gasteiger partial charge in [0.25, 0.3) is 0 Å². The summed E-state index contributed by atoms with van der Waals surface area (Å²) in [5.74, 6) is 1.68. The van der Waals surface area contributed by atoms with E-state index in [4.69, 9.17) is 9.47 Å². The number of ether oxygens (including phenoxy) is 2. The fourth-order valence-electron chi connectivity index (χ4n) is 4.95. The van der Waals surface area contributed by atoms with Crippen molar-refractivity contribution < 1.29 is 9.47 Å². The van der Waals surface area contributed by atoms with Crippen LogP contribution in [-0.2, 0) is 0 Å². The molecule has 0 radical (unpaired) electrons. The largest absolute Gasteiger partial charge is 0.497 e. The van der Waals surface area contributed by atoms with Gasteiger partial charge in [-0.05, 0) is 82.6 Å². The van der Waals surface area contributed by atoms with E-state index in [-0.39, 0.29) is 0 Å². The van der Waals surface area contributed by atoms with Crippen LogP contribution in [0.3, 0.4) is 0 Å². The second-order valence-electron chi connectivity index (χ2n) is 9.12. The number of hydrogen-bond donors (Lipinski definition) is 2. The Morgan fingerprint density at radius 3 is 1.13 bits per heavy atom. The highest BCUT2D eigenvalue weighted by molar-refractivity contribution is 6.11. The number of nitrogens with one attached hydrogen (secondary N) is 2. The summed E-state index contributed by atoms with van der Waals surface area (Å²) in [6.07, 6.45) is 0. The van der Waals surface area contributed by atoms with Gasteiger partial charge in [-0.1, -0.05) is 60.7 Å². The van der Waals surface area contributed by atoms with E-state index in [0.717, 1.165) is 34.2 Å². The number of rotatable bonds is 7. The van der Waals surface area contributed by atoms with Crippen molar-refractivity contribution >= 4 is 44.3 Å². The molecule has 6 rings (SSSR count). The number of hydrogen-bond acceptors (Lipinski definition) is 4. The van der Waals surface area contributed by atoms with Crippen molar-refractivity contribution in [2.45, 2.75) is 0 Å². The molecule has 0 atom stereocenters. The summed E-state index contributed by atoms with van der Waals surface area (Å²) in [7, 11) is 3.36. The van der Waals surface area contributed by atoms with Crippen LogP contribution < -0.4 is 20.1 Å². The number of methoxy groups -OCH3 is 2. The predicted molar refractivity (Wildman–Crippen MR) is 159 cm³/mol. The highest BCUT2D eigenvalue weighted by atomic mass is 16.5. The molecule has 0 saturated carbocycles. The van der Waals surface area contributed by atoms with E-state index < -0.39 is 0 Å². The molecule has 6 aromatic rings. The van der Waals surface area contributed by atoms with Crippen molar-refractivity contribution in [1.29, 1.82) is 0 Å². The minimum Gasteiger partial charge on any atom is -0.497 e. The minimum absolute atomic E-state index is 0.840. The Labute approximate surface area is 222 Å². The van der Waals surface area contributed by atoms with Crippen LogP contribution in [0.1, 0.15) is 0 Å². The molecule has 0 aliphatic rings. The lowest BCUT2D eigenvalue weighted by Gasteiger charge is -2.17. The number of benzene rings is 6. The molecule has 6 aromatic carbocycles. The molecule has 0 saturated heterocycles. The number of anilines is 4. The van der Waals surface area contributed by atoms with Gasteiger partial charge < -0.3 is 20.1 Å². The molecule has 0 bridgehead atoms. The molecule has 0 aliphatic heterocycles. The van der Waals surface area contributed by atoms with Crippen molar-refractivity contribution in [3.05, 3.63) is 121 Å². The first kappa shape index (κ1) is 23.4. The fraction of sp³-hybridized carbons (Fsp3) is 0.0588. The molecule has 4 nitrogen and oxygen atoms in total. The second-order valence-corrected chi connectivity index (χ2v) is 9.12.